The first-order valence-electron chi connectivity index (χ1n) is 8.07. The maximum Gasteiger partial charge on any atom is 0.148 e. The van der Waals surface area contributed by atoms with Gasteiger partial charge in [0.05, 0.1) is 17.3 Å². The summed E-state index contributed by atoms with van der Waals surface area (Å²) in [6.45, 7) is 0.147. The minimum absolute atomic E-state index is 0.121. The molecule has 1 aromatic heterocycles. The summed E-state index contributed by atoms with van der Waals surface area (Å²) in [6, 6.07) is 7.56. The molecule has 3 aromatic rings. The second-order valence-corrected chi connectivity index (χ2v) is 5.91. The molecule has 0 radical (unpaired) electrons. The molecule has 1 atom stereocenters. The van der Waals surface area contributed by atoms with Crippen LogP contribution in [0.2, 0.25) is 0 Å². The van der Waals surface area contributed by atoms with Crippen LogP contribution in [-0.2, 0) is 6.54 Å². The molecule has 3 rings (SSSR count). The highest BCUT2D eigenvalue weighted by Crippen LogP contribution is 2.32. The number of nitrogens with one attached hydrogen (secondary N) is 1. The number of nitrogens with two attached hydrogens (primary N) is 4. The van der Waals surface area contributed by atoms with E-state index in [1.165, 1.54) is 42.7 Å². The molecule has 0 aliphatic carbocycles. The lowest BCUT2D eigenvalue weighted by Crippen LogP contribution is -2.18. The fourth-order valence-corrected chi connectivity index (χ4v) is 2.69. The molecule has 7 nitrogen and oxygen atoms in total. The quantitative estimate of drug-likeness (QED) is 0.433. The Balaban J connectivity index is 2.03. The zero-order chi connectivity index (χ0) is 19.6. The van der Waals surface area contributed by atoms with Gasteiger partial charge >= 0.3 is 0 Å². The Labute approximate surface area is 154 Å². The molecular formula is C18H19F2N7. The van der Waals surface area contributed by atoms with E-state index in [2.05, 4.69) is 15.3 Å². The predicted octanol–water partition coefficient (Wildman–Crippen LogP) is 2.17. The highest BCUT2D eigenvalue weighted by molar-refractivity contribution is 5.69. The predicted molar refractivity (Wildman–Crippen MR) is 101 cm³/mol. The fraction of sp³-hybridized carbons (Fsp3) is 0.111. The van der Waals surface area contributed by atoms with Crippen molar-refractivity contribution in [2.24, 2.45) is 11.5 Å². The largest absolute Gasteiger partial charge is 0.398 e. The lowest BCUT2D eigenvalue weighted by molar-refractivity contribution is 0.626. The van der Waals surface area contributed by atoms with Crippen LogP contribution in [0, 0.1) is 11.6 Å². The van der Waals surface area contributed by atoms with Crippen LogP contribution in [-0.4, -0.2) is 9.97 Å². The Kier molecular flexibility index (Phi) is 5.15. The molecule has 2 aromatic carbocycles. The van der Waals surface area contributed by atoms with Crippen molar-refractivity contribution in [2.75, 3.05) is 16.8 Å². The Bertz CT molecular complexity index is 961. The number of nitrogens with zero attached hydrogens (tertiary/aromatic N) is 2. The van der Waals surface area contributed by atoms with Crippen LogP contribution in [0.5, 0.6) is 0 Å². The highest BCUT2D eigenvalue weighted by Gasteiger charge is 2.20. The second kappa shape index (κ2) is 7.52. The van der Waals surface area contributed by atoms with E-state index < -0.39 is 11.9 Å². The Morgan fingerprint density at radius 1 is 1.04 bits per heavy atom. The third kappa shape index (κ3) is 3.78. The molecule has 140 valence electrons. The highest BCUT2D eigenvalue weighted by atomic mass is 19.1. The molecule has 1 heterocycles. The molecule has 0 bridgehead atoms. The zero-order valence-corrected chi connectivity index (χ0v) is 14.3. The van der Waals surface area contributed by atoms with Gasteiger partial charge in [-0.25, -0.2) is 18.7 Å². The van der Waals surface area contributed by atoms with Gasteiger partial charge in [0.15, 0.2) is 0 Å². The summed E-state index contributed by atoms with van der Waals surface area (Å²) in [5, 5.41) is 2.87. The van der Waals surface area contributed by atoms with E-state index in [0.29, 0.717) is 16.7 Å². The molecule has 0 fully saturated rings. The van der Waals surface area contributed by atoms with Gasteiger partial charge in [-0.2, -0.15) is 0 Å². The van der Waals surface area contributed by atoms with Crippen LogP contribution in [0.15, 0.2) is 42.7 Å². The molecular weight excluding hydrogens is 352 g/mol. The molecule has 0 aliphatic rings. The topological polar surface area (TPSA) is 142 Å². The number of nitrogen functional groups attached to an aromatic ring is 2. The summed E-state index contributed by atoms with van der Waals surface area (Å²) in [6.07, 6.45) is 1.23. The van der Waals surface area contributed by atoms with Crippen molar-refractivity contribution in [3.63, 3.8) is 0 Å². The first kappa shape index (κ1) is 18.5. The summed E-state index contributed by atoms with van der Waals surface area (Å²) in [7, 11) is 0. The number of benzene rings is 2. The first-order chi connectivity index (χ1) is 12.9. The van der Waals surface area contributed by atoms with E-state index in [9.17, 15) is 8.78 Å². The lowest BCUT2D eigenvalue weighted by Gasteiger charge is -2.19. The molecule has 0 aliphatic heterocycles. The van der Waals surface area contributed by atoms with E-state index in [1.807, 2.05) is 0 Å². The standard InChI is InChI=1S/C18H19F2N7/c19-11-3-1-9(2-4-11)16(23)15-17(24)25-8-26-18(15)27-14-5-10(7-21)13(22)6-12(14)20/h1-6,8,16H,7,21-23H2,(H3,24,25,26,27). The van der Waals surface area contributed by atoms with Crippen LogP contribution < -0.4 is 28.3 Å². The van der Waals surface area contributed by atoms with Crippen molar-refractivity contribution in [1.29, 1.82) is 0 Å². The lowest BCUT2D eigenvalue weighted by atomic mass is 10.00. The number of rotatable bonds is 5. The van der Waals surface area contributed by atoms with Gasteiger partial charge in [-0.05, 0) is 35.4 Å². The Morgan fingerprint density at radius 2 is 1.74 bits per heavy atom. The van der Waals surface area contributed by atoms with Gasteiger partial charge in [0.2, 0.25) is 0 Å². The summed E-state index contributed by atoms with van der Waals surface area (Å²) >= 11 is 0. The van der Waals surface area contributed by atoms with Gasteiger partial charge in [-0.3, -0.25) is 0 Å². The van der Waals surface area contributed by atoms with Crippen molar-refractivity contribution in [3.05, 3.63) is 71.1 Å². The third-order valence-electron chi connectivity index (χ3n) is 4.16. The van der Waals surface area contributed by atoms with E-state index in [1.54, 1.807) is 0 Å². The molecule has 9 heteroatoms. The van der Waals surface area contributed by atoms with E-state index in [0.717, 1.165) is 0 Å². The van der Waals surface area contributed by atoms with Crippen molar-refractivity contribution in [1.82, 2.24) is 9.97 Å². The molecule has 0 spiro atoms. The molecule has 0 amide bonds. The van der Waals surface area contributed by atoms with Crippen molar-refractivity contribution in [2.45, 2.75) is 12.6 Å². The van der Waals surface area contributed by atoms with Crippen LogP contribution in [0.1, 0.15) is 22.7 Å². The summed E-state index contributed by atoms with van der Waals surface area (Å²) < 4.78 is 27.5. The average molecular weight is 371 g/mol. The summed E-state index contributed by atoms with van der Waals surface area (Å²) in [5.41, 5.74) is 25.5. The minimum atomic E-state index is -0.750. The second-order valence-electron chi connectivity index (χ2n) is 5.91. The third-order valence-corrected chi connectivity index (χ3v) is 4.16. The average Bonchev–Trinajstić information content (AvgIpc) is 2.64. The molecule has 0 saturated heterocycles. The van der Waals surface area contributed by atoms with Crippen LogP contribution in [0.4, 0.5) is 31.8 Å². The monoisotopic (exact) mass is 371 g/mol. The van der Waals surface area contributed by atoms with Gasteiger partial charge in [0, 0.05) is 12.2 Å². The van der Waals surface area contributed by atoms with E-state index >= 15 is 0 Å². The zero-order valence-electron chi connectivity index (χ0n) is 14.3. The van der Waals surface area contributed by atoms with Crippen molar-refractivity contribution >= 4 is 23.0 Å². The van der Waals surface area contributed by atoms with Crippen LogP contribution >= 0.6 is 0 Å². The maximum absolute atomic E-state index is 14.3. The Morgan fingerprint density at radius 3 is 2.41 bits per heavy atom. The van der Waals surface area contributed by atoms with E-state index in [-0.39, 0.29) is 35.4 Å². The first-order valence-corrected chi connectivity index (χ1v) is 8.07. The number of aromatic nitrogens is 2. The molecule has 1 unspecified atom stereocenters. The Hall–Kier alpha value is -3.30. The van der Waals surface area contributed by atoms with Gasteiger partial charge in [-0.1, -0.05) is 12.1 Å². The van der Waals surface area contributed by atoms with Crippen LogP contribution in [0.3, 0.4) is 0 Å². The minimum Gasteiger partial charge on any atom is -0.398 e. The van der Waals surface area contributed by atoms with Crippen LogP contribution in [0.25, 0.3) is 0 Å². The fourth-order valence-electron chi connectivity index (χ4n) is 2.69. The van der Waals surface area contributed by atoms with Gasteiger partial charge in [0.25, 0.3) is 0 Å². The number of halogens is 2. The molecule has 9 N–H and O–H groups in total. The molecule has 0 saturated carbocycles. The number of hydrogen-bond donors (Lipinski definition) is 5. The normalized spacial score (nSPS) is 12.0. The summed E-state index contributed by atoms with van der Waals surface area (Å²) in [5.74, 6) is -0.617. The molecule has 27 heavy (non-hydrogen) atoms. The SMILES string of the molecule is NCc1cc(Nc2ncnc(N)c2C(N)c2ccc(F)cc2)c(F)cc1N. The van der Waals surface area contributed by atoms with Crippen molar-refractivity contribution < 1.29 is 8.78 Å². The maximum atomic E-state index is 14.3. The van der Waals surface area contributed by atoms with Gasteiger partial charge in [0.1, 0.15) is 29.6 Å². The van der Waals surface area contributed by atoms with Gasteiger partial charge < -0.3 is 28.3 Å². The number of hydrogen-bond acceptors (Lipinski definition) is 7. The summed E-state index contributed by atoms with van der Waals surface area (Å²) in [4.78, 5) is 8.09. The van der Waals surface area contributed by atoms with Crippen molar-refractivity contribution in [3.8, 4) is 0 Å². The smallest absolute Gasteiger partial charge is 0.148 e. The van der Waals surface area contributed by atoms with Gasteiger partial charge in [-0.15, -0.1) is 0 Å². The number of anilines is 4. The van der Waals surface area contributed by atoms with E-state index in [4.69, 9.17) is 22.9 Å².